The molecule has 0 saturated heterocycles. The minimum Gasteiger partial charge on any atom is -0.503 e. The number of ether oxygens (including phenoxy) is 2. The maximum atomic E-state index is 12.0. The molecule has 0 aromatic heterocycles. The molecule has 0 atom stereocenters. The molecule has 0 N–H and O–H groups in total. The normalized spacial score (nSPS) is 12.1. The molecular weight excluding hydrogens is 378 g/mol. The van der Waals surface area contributed by atoms with E-state index in [-0.39, 0.29) is 6.61 Å². The first-order valence-corrected chi connectivity index (χ1v) is 8.97. The molecule has 0 saturated carbocycles. The lowest BCUT2D eigenvalue weighted by Gasteiger charge is -2.10. The van der Waals surface area contributed by atoms with Crippen molar-refractivity contribution in [1.82, 2.24) is 0 Å². The van der Waals surface area contributed by atoms with Gasteiger partial charge in [-0.3, -0.25) is 0 Å². The lowest BCUT2D eigenvalue weighted by atomic mass is 10.0. The molecular formula is C22H23ClNO4+. The van der Waals surface area contributed by atoms with Gasteiger partial charge in [-0.1, -0.05) is 35.5 Å². The van der Waals surface area contributed by atoms with Crippen molar-refractivity contribution in [3.63, 3.8) is 0 Å². The van der Waals surface area contributed by atoms with Gasteiger partial charge in [0.2, 0.25) is 5.02 Å². The van der Waals surface area contributed by atoms with E-state index in [9.17, 15) is 4.79 Å². The SMILES string of the molecule is CO/C=C(/C(=O)OC)c1ccccc1CO/N=C(C)/C=C/c1ccc([ClH+])cc1. The Bertz CT molecular complexity index is 886. The molecule has 0 heterocycles. The molecule has 2 aromatic rings. The molecule has 5 nitrogen and oxygen atoms in total. The van der Waals surface area contributed by atoms with Crippen molar-refractivity contribution >= 4 is 23.3 Å². The Labute approximate surface area is 169 Å². The van der Waals surface area contributed by atoms with Crippen LogP contribution in [0.5, 0.6) is 0 Å². The average molecular weight is 401 g/mol. The van der Waals surface area contributed by atoms with Crippen LogP contribution in [0.15, 0.2) is 66.0 Å². The molecule has 0 unspecified atom stereocenters. The van der Waals surface area contributed by atoms with E-state index < -0.39 is 5.97 Å². The Morgan fingerprint density at radius 1 is 1.11 bits per heavy atom. The Balaban J connectivity index is 2.08. The van der Waals surface area contributed by atoms with Crippen LogP contribution in [0.4, 0.5) is 0 Å². The zero-order valence-electron chi connectivity index (χ0n) is 16.0. The number of oxime groups is 1. The van der Waals surface area contributed by atoms with Crippen LogP contribution in [0.2, 0.25) is 5.02 Å². The third kappa shape index (κ3) is 6.28. The molecule has 146 valence electrons. The van der Waals surface area contributed by atoms with Gasteiger partial charge in [-0.2, -0.15) is 0 Å². The fourth-order valence-corrected chi connectivity index (χ4v) is 2.52. The van der Waals surface area contributed by atoms with Crippen molar-refractivity contribution in [2.24, 2.45) is 5.16 Å². The van der Waals surface area contributed by atoms with Gasteiger partial charge in [-0.15, -0.1) is 0 Å². The highest BCUT2D eigenvalue weighted by Crippen LogP contribution is 2.21. The third-order valence-electron chi connectivity index (χ3n) is 3.77. The number of carbonyl (C=O) groups is 1. The average Bonchev–Trinajstić information content (AvgIpc) is 2.71. The Morgan fingerprint density at radius 3 is 2.50 bits per heavy atom. The Hall–Kier alpha value is -3.05. The largest absolute Gasteiger partial charge is 0.503 e. The highest BCUT2D eigenvalue weighted by atomic mass is 35.5. The molecule has 0 bridgehead atoms. The standard InChI is InChI=1S/C22H23ClNO4/c1-16(8-9-17-10-12-19(23)13-11-17)24-28-14-18-6-4-5-7-20(18)21(15-26-2)22(25)27-3/h4-13,15,23H,14H2,1-3H3/q+1/b9-8+,21-15+,24-16+. The molecule has 0 aliphatic carbocycles. The summed E-state index contributed by atoms with van der Waals surface area (Å²) in [6.07, 6.45) is 5.15. The van der Waals surface area contributed by atoms with Gasteiger partial charge in [0, 0.05) is 17.7 Å². The highest BCUT2D eigenvalue weighted by molar-refractivity contribution is 6.16. The van der Waals surface area contributed by atoms with Crippen LogP contribution >= 0.6 is 0 Å². The van der Waals surface area contributed by atoms with E-state index in [0.717, 1.165) is 16.1 Å². The van der Waals surface area contributed by atoms with Gasteiger partial charge < -0.3 is 14.3 Å². The molecule has 0 aliphatic heterocycles. The maximum absolute atomic E-state index is 12.0. The quantitative estimate of drug-likeness (QED) is 0.219. The Kier molecular flexibility index (Phi) is 8.31. The van der Waals surface area contributed by atoms with Crippen LogP contribution in [-0.4, -0.2) is 25.9 Å². The lowest BCUT2D eigenvalue weighted by Crippen LogP contribution is -2.07. The summed E-state index contributed by atoms with van der Waals surface area (Å²) in [4.78, 5) is 17.5. The summed E-state index contributed by atoms with van der Waals surface area (Å²) in [6.45, 7) is 2.04. The monoisotopic (exact) mass is 400 g/mol. The first-order chi connectivity index (χ1) is 13.5. The van der Waals surface area contributed by atoms with Crippen LogP contribution in [0, 0.1) is 11.6 Å². The predicted octanol–water partition coefficient (Wildman–Crippen LogP) is 4.15. The summed E-state index contributed by atoms with van der Waals surface area (Å²) in [5, 5.41) is 4.91. The van der Waals surface area contributed by atoms with E-state index in [1.54, 1.807) is 6.07 Å². The number of rotatable bonds is 8. The molecule has 28 heavy (non-hydrogen) atoms. The summed E-state index contributed by atoms with van der Waals surface area (Å²) < 4.78 is 9.84. The third-order valence-corrected chi connectivity index (χ3v) is 4.05. The maximum Gasteiger partial charge on any atom is 0.341 e. The molecule has 6 heteroatoms. The summed E-state index contributed by atoms with van der Waals surface area (Å²) in [7, 11) is 2.80. The van der Waals surface area contributed by atoms with E-state index in [2.05, 4.69) is 5.16 Å². The summed E-state index contributed by atoms with van der Waals surface area (Å²) in [5.41, 5.74) is 3.51. The number of hydrogen-bond donors (Lipinski definition) is 0. The van der Waals surface area contributed by atoms with Gasteiger partial charge in [-0.05, 0) is 36.3 Å². The minimum absolute atomic E-state index is 0.198. The first-order valence-electron chi connectivity index (χ1n) is 8.56. The van der Waals surface area contributed by atoms with E-state index in [1.807, 2.05) is 61.5 Å². The predicted molar refractivity (Wildman–Crippen MR) is 107 cm³/mol. The van der Waals surface area contributed by atoms with Crippen LogP contribution in [0.3, 0.4) is 0 Å². The Morgan fingerprint density at radius 2 is 1.82 bits per heavy atom. The number of allylic oxidation sites excluding steroid dienone is 1. The zero-order chi connectivity index (χ0) is 20.4. The second-order valence-corrected chi connectivity index (χ2v) is 6.30. The number of carbonyl (C=O) groups excluding carboxylic acids is 1. The molecule has 2 rings (SSSR count). The second kappa shape index (κ2) is 10.9. The fourth-order valence-electron chi connectivity index (χ4n) is 2.39. The van der Waals surface area contributed by atoms with E-state index in [1.165, 1.54) is 20.5 Å². The van der Waals surface area contributed by atoms with Crippen molar-refractivity contribution in [3.8, 4) is 0 Å². The molecule has 0 spiro atoms. The summed E-state index contributed by atoms with van der Waals surface area (Å²) in [6, 6.07) is 15.0. The van der Waals surface area contributed by atoms with Gasteiger partial charge in [0.15, 0.2) is 11.6 Å². The van der Waals surface area contributed by atoms with E-state index >= 15 is 0 Å². The van der Waals surface area contributed by atoms with Crippen molar-refractivity contribution in [1.29, 1.82) is 0 Å². The molecule has 0 aliphatic rings. The number of esters is 1. The van der Waals surface area contributed by atoms with Crippen LogP contribution in [0.1, 0.15) is 23.6 Å². The van der Waals surface area contributed by atoms with Crippen molar-refractivity contribution in [2.45, 2.75) is 13.5 Å². The van der Waals surface area contributed by atoms with Gasteiger partial charge in [0.1, 0.15) is 12.2 Å². The fraction of sp³-hybridized carbons (Fsp3) is 0.182. The number of methoxy groups -OCH3 is 2. The van der Waals surface area contributed by atoms with E-state index in [0.29, 0.717) is 16.8 Å². The summed E-state index contributed by atoms with van der Waals surface area (Å²) >= 11 is 5.07. The van der Waals surface area contributed by atoms with Gasteiger partial charge in [-0.25, -0.2) is 4.79 Å². The van der Waals surface area contributed by atoms with Crippen LogP contribution in [-0.2, 0) is 25.7 Å². The van der Waals surface area contributed by atoms with Crippen molar-refractivity contribution < 1.29 is 30.7 Å². The minimum atomic E-state index is -0.484. The van der Waals surface area contributed by atoms with Crippen LogP contribution in [0.25, 0.3) is 11.6 Å². The van der Waals surface area contributed by atoms with Crippen LogP contribution < -0.4 is 0 Å². The lowest BCUT2D eigenvalue weighted by molar-refractivity contribution is -0.288. The number of hydrogen-bond acceptors (Lipinski definition) is 5. The smallest absolute Gasteiger partial charge is 0.341 e. The van der Waals surface area contributed by atoms with Gasteiger partial charge >= 0.3 is 5.97 Å². The first kappa shape index (κ1) is 21.3. The summed E-state index contributed by atoms with van der Waals surface area (Å²) in [5.74, 6) is -0.484. The molecule has 2 aromatic carbocycles. The van der Waals surface area contributed by atoms with Gasteiger partial charge in [0.05, 0.1) is 26.2 Å². The second-order valence-electron chi connectivity index (χ2n) is 5.82. The van der Waals surface area contributed by atoms with Crippen molar-refractivity contribution in [2.75, 3.05) is 14.2 Å². The van der Waals surface area contributed by atoms with Crippen molar-refractivity contribution in [3.05, 3.63) is 82.6 Å². The molecule has 0 radical (unpaired) electrons. The van der Waals surface area contributed by atoms with Gasteiger partial charge in [0.25, 0.3) is 0 Å². The zero-order valence-corrected chi connectivity index (χ0v) is 16.9. The topological polar surface area (TPSA) is 57.1 Å². The molecule has 0 fully saturated rings. The number of benzene rings is 2. The number of halogens is 1. The highest BCUT2D eigenvalue weighted by Gasteiger charge is 2.16. The molecule has 0 amide bonds. The number of nitrogens with zero attached hydrogens (tertiary/aromatic N) is 1. The van der Waals surface area contributed by atoms with E-state index in [4.69, 9.17) is 25.9 Å².